The minimum atomic E-state index is -3.65. The number of sulfonamides is 1. The van der Waals surface area contributed by atoms with Gasteiger partial charge in [-0.1, -0.05) is 29.3 Å². The molecule has 0 heterocycles. The van der Waals surface area contributed by atoms with Crippen LogP contribution in [-0.2, 0) is 21.2 Å². The minimum absolute atomic E-state index is 0.0162. The topological polar surface area (TPSA) is 84.5 Å². The average molecular weight is 429 g/mol. The molecule has 9 heteroatoms. The first-order valence-corrected chi connectivity index (χ1v) is 10.5. The molecular weight excluding hydrogens is 411 g/mol. The number of hydrogen-bond acceptors (Lipinski definition) is 4. The first-order chi connectivity index (χ1) is 12.8. The summed E-state index contributed by atoms with van der Waals surface area (Å²) in [4.78, 5) is 12.5. The van der Waals surface area contributed by atoms with Crippen molar-refractivity contribution in [1.29, 1.82) is 0 Å². The average Bonchev–Trinajstić information content (AvgIpc) is 3.41. The van der Waals surface area contributed by atoms with E-state index in [9.17, 15) is 13.2 Å². The van der Waals surface area contributed by atoms with Crippen LogP contribution in [0.3, 0.4) is 0 Å². The van der Waals surface area contributed by atoms with Gasteiger partial charge in [-0.05, 0) is 48.7 Å². The van der Waals surface area contributed by atoms with Crippen LogP contribution in [0.25, 0.3) is 0 Å². The largest absolute Gasteiger partial charge is 0.495 e. The fourth-order valence-electron chi connectivity index (χ4n) is 2.50. The zero-order valence-electron chi connectivity index (χ0n) is 14.5. The second-order valence-corrected chi connectivity index (χ2v) is 8.71. The van der Waals surface area contributed by atoms with E-state index in [0.717, 1.165) is 12.8 Å². The van der Waals surface area contributed by atoms with Gasteiger partial charge in [0.25, 0.3) is 0 Å². The Kier molecular flexibility index (Phi) is 5.95. The van der Waals surface area contributed by atoms with Crippen molar-refractivity contribution in [1.82, 2.24) is 4.72 Å². The molecule has 1 amide bonds. The quantitative estimate of drug-likeness (QED) is 0.704. The molecule has 2 aromatic carbocycles. The number of benzene rings is 2. The lowest BCUT2D eigenvalue weighted by Gasteiger charge is -2.13. The summed E-state index contributed by atoms with van der Waals surface area (Å²) in [5.74, 6) is -0.0491. The third-order valence-corrected chi connectivity index (χ3v) is 6.28. The fourth-order valence-corrected chi connectivity index (χ4v) is 4.36. The van der Waals surface area contributed by atoms with E-state index in [-0.39, 0.29) is 23.0 Å². The number of nitrogens with one attached hydrogen (secondary N) is 2. The van der Waals surface area contributed by atoms with Gasteiger partial charge in [0.1, 0.15) is 5.75 Å². The van der Waals surface area contributed by atoms with Gasteiger partial charge in [0.2, 0.25) is 15.9 Å². The lowest BCUT2D eigenvalue weighted by atomic mass is 10.1. The van der Waals surface area contributed by atoms with Gasteiger partial charge in [0, 0.05) is 16.1 Å². The van der Waals surface area contributed by atoms with Crippen molar-refractivity contribution < 1.29 is 17.9 Å². The molecule has 2 N–H and O–H groups in total. The lowest BCUT2D eigenvalue weighted by molar-refractivity contribution is -0.115. The third-order valence-electron chi connectivity index (χ3n) is 4.05. The summed E-state index contributed by atoms with van der Waals surface area (Å²) >= 11 is 12.2. The summed E-state index contributed by atoms with van der Waals surface area (Å²) in [6.07, 6.45) is 1.61. The molecule has 1 fully saturated rings. The van der Waals surface area contributed by atoms with Gasteiger partial charge in [0.15, 0.2) is 0 Å². The molecule has 0 bridgehead atoms. The first kappa shape index (κ1) is 19.9. The molecule has 1 saturated carbocycles. The number of carbonyl (C=O) groups is 1. The lowest BCUT2D eigenvalue weighted by Crippen LogP contribution is -2.26. The maximum absolute atomic E-state index is 12.5. The Morgan fingerprint density at radius 1 is 1.19 bits per heavy atom. The molecule has 0 aromatic heterocycles. The van der Waals surface area contributed by atoms with E-state index in [2.05, 4.69) is 10.0 Å². The van der Waals surface area contributed by atoms with Crippen molar-refractivity contribution in [3.63, 3.8) is 0 Å². The Labute approximate surface area is 167 Å². The van der Waals surface area contributed by atoms with Gasteiger partial charge in [0.05, 0.1) is 24.1 Å². The van der Waals surface area contributed by atoms with Gasteiger partial charge in [-0.3, -0.25) is 4.79 Å². The number of carbonyl (C=O) groups excluding carboxylic acids is 1. The second kappa shape index (κ2) is 8.06. The number of methoxy groups -OCH3 is 1. The van der Waals surface area contributed by atoms with Crippen molar-refractivity contribution in [3.05, 3.63) is 52.0 Å². The summed E-state index contributed by atoms with van der Waals surface area (Å²) in [6.45, 7) is 0. The van der Waals surface area contributed by atoms with E-state index >= 15 is 0 Å². The molecule has 3 rings (SSSR count). The van der Waals surface area contributed by atoms with E-state index in [1.807, 2.05) is 0 Å². The minimum Gasteiger partial charge on any atom is -0.495 e. The molecule has 0 radical (unpaired) electrons. The summed E-state index contributed by atoms with van der Waals surface area (Å²) < 4.78 is 32.6. The van der Waals surface area contributed by atoms with Gasteiger partial charge >= 0.3 is 0 Å². The van der Waals surface area contributed by atoms with Crippen molar-refractivity contribution in [3.8, 4) is 5.75 Å². The van der Waals surface area contributed by atoms with E-state index in [1.165, 1.54) is 25.3 Å². The standard InChI is InChI=1S/C18H18Cl2N2O4S/c1-26-17-8-7-12(27(24,25)22-11-5-6-11)9-16(17)21-18(23)10-13-14(19)3-2-4-15(13)20/h2-4,7-9,11,22H,5-6,10H2,1H3,(H,21,23). The predicted octanol–water partition coefficient (Wildman–Crippen LogP) is 3.62. The van der Waals surface area contributed by atoms with Crippen LogP contribution in [0.2, 0.25) is 10.0 Å². The molecule has 2 aromatic rings. The van der Waals surface area contributed by atoms with Crippen LogP contribution in [-0.4, -0.2) is 27.5 Å². The molecule has 144 valence electrons. The van der Waals surface area contributed by atoms with Crippen LogP contribution in [0.1, 0.15) is 18.4 Å². The molecule has 0 saturated heterocycles. The molecule has 1 aliphatic rings. The Morgan fingerprint density at radius 2 is 1.85 bits per heavy atom. The molecule has 1 aliphatic carbocycles. The van der Waals surface area contributed by atoms with Gasteiger partial charge < -0.3 is 10.1 Å². The number of anilines is 1. The van der Waals surface area contributed by atoms with E-state index in [1.54, 1.807) is 18.2 Å². The van der Waals surface area contributed by atoms with Crippen LogP contribution in [0.4, 0.5) is 5.69 Å². The molecule has 6 nitrogen and oxygen atoms in total. The summed E-state index contributed by atoms with van der Waals surface area (Å²) in [7, 11) is -2.21. The SMILES string of the molecule is COc1ccc(S(=O)(=O)NC2CC2)cc1NC(=O)Cc1c(Cl)cccc1Cl. The van der Waals surface area contributed by atoms with Crippen LogP contribution in [0, 0.1) is 0 Å². The number of rotatable bonds is 7. The third kappa shape index (κ3) is 4.93. The highest BCUT2D eigenvalue weighted by Crippen LogP contribution is 2.30. The Morgan fingerprint density at radius 3 is 2.44 bits per heavy atom. The summed E-state index contributed by atoms with van der Waals surface area (Å²) in [5.41, 5.74) is 0.751. The molecule has 27 heavy (non-hydrogen) atoms. The van der Waals surface area contributed by atoms with Crippen LogP contribution < -0.4 is 14.8 Å². The zero-order chi connectivity index (χ0) is 19.6. The maximum atomic E-state index is 12.5. The highest BCUT2D eigenvalue weighted by molar-refractivity contribution is 7.89. The predicted molar refractivity (Wildman–Crippen MR) is 105 cm³/mol. The Balaban J connectivity index is 1.82. The van der Waals surface area contributed by atoms with E-state index < -0.39 is 15.9 Å². The number of hydrogen-bond donors (Lipinski definition) is 2. The number of ether oxygens (including phenoxy) is 1. The number of amides is 1. The second-order valence-electron chi connectivity index (χ2n) is 6.18. The van der Waals surface area contributed by atoms with Crippen molar-refractivity contribution in [2.45, 2.75) is 30.2 Å². The van der Waals surface area contributed by atoms with Crippen molar-refractivity contribution >= 4 is 44.8 Å². The van der Waals surface area contributed by atoms with Crippen LogP contribution in [0.5, 0.6) is 5.75 Å². The van der Waals surface area contributed by atoms with Crippen molar-refractivity contribution in [2.24, 2.45) is 0 Å². The molecule has 0 spiro atoms. The van der Waals surface area contributed by atoms with E-state index in [4.69, 9.17) is 27.9 Å². The summed E-state index contributed by atoms with van der Waals surface area (Å²) in [6, 6.07) is 9.27. The molecular formula is C18H18Cl2N2O4S. The van der Waals surface area contributed by atoms with Gasteiger partial charge in [-0.2, -0.15) is 0 Å². The monoisotopic (exact) mass is 428 g/mol. The van der Waals surface area contributed by atoms with E-state index in [0.29, 0.717) is 21.4 Å². The number of halogens is 2. The van der Waals surface area contributed by atoms with Gasteiger partial charge in [-0.25, -0.2) is 13.1 Å². The Bertz CT molecular complexity index is 955. The smallest absolute Gasteiger partial charge is 0.240 e. The Hall–Kier alpha value is -1.80. The van der Waals surface area contributed by atoms with Gasteiger partial charge in [-0.15, -0.1) is 0 Å². The first-order valence-electron chi connectivity index (χ1n) is 8.23. The maximum Gasteiger partial charge on any atom is 0.240 e. The molecule has 0 unspecified atom stereocenters. The normalized spacial score (nSPS) is 14.0. The summed E-state index contributed by atoms with van der Waals surface area (Å²) in [5, 5.41) is 3.44. The van der Waals surface area contributed by atoms with Crippen molar-refractivity contribution in [2.75, 3.05) is 12.4 Å². The molecule has 0 atom stereocenters. The highest BCUT2D eigenvalue weighted by atomic mass is 35.5. The van der Waals surface area contributed by atoms with Crippen LogP contribution in [0.15, 0.2) is 41.3 Å². The zero-order valence-corrected chi connectivity index (χ0v) is 16.8. The fraction of sp³-hybridized carbons (Fsp3) is 0.278. The van der Waals surface area contributed by atoms with Crippen LogP contribution >= 0.6 is 23.2 Å². The molecule has 0 aliphatic heterocycles. The highest BCUT2D eigenvalue weighted by Gasteiger charge is 2.28.